The van der Waals surface area contributed by atoms with Crippen LogP contribution < -0.4 is 0 Å². The summed E-state index contributed by atoms with van der Waals surface area (Å²) < 4.78 is 0. The number of fused-ring (bicyclic) bond motifs is 1. The third-order valence-electron chi connectivity index (χ3n) is 4.10. The van der Waals surface area contributed by atoms with Gasteiger partial charge in [-0.25, -0.2) is 0 Å². The average Bonchev–Trinajstić information content (AvgIpc) is 2.53. The predicted octanol–water partition coefficient (Wildman–Crippen LogP) is 5.51. The van der Waals surface area contributed by atoms with E-state index in [1.807, 2.05) is 30.3 Å². The van der Waals surface area contributed by atoms with Crippen LogP contribution in [0.5, 0.6) is 0 Å². The van der Waals surface area contributed by atoms with Gasteiger partial charge in [-0.3, -0.25) is 4.79 Å². The van der Waals surface area contributed by atoms with Crippen molar-refractivity contribution in [2.45, 2.75) is 58.3 Å². The van der Waals surface area contributed by atoms with Crippen molar-refractivity contribution < 1.29 is 4.79 Å². The van der Waals surface area contributed by atoms with Gasteiger partial charge in [0.25, 0.3) is 0 Å². The van der Waals surface area contributed by atoms with Gasteiger partial charge in [0.05, 0.1) is 0 Å². The van der Waals surface area contributed by atoms with Crippen molar-refractivity contribution in [3.8, 4) is 0 Å². The summed E-state index contributed by atoms with van der Waals surface area (Å²) in [5.41, 5.74) is 0.888. The van der Waals surface area contributed by atoms with E-state index in [1.165, 1.54) is 38.5 Å². The van der Waals surface area contributed by atoms with Gasteiger partial charge in [0, 0.05) is 12.0 Å². The van der Waals surface area contributed by atoms with E-state index < -0.39 is 0 Å². The first-order chi connectivity index (χ1) is 10.3. The molecule has 0 aromatic heterocycles. The molecule has 0 atom stereocenters. The number of ketones is 1. The zero-order valence-corrected chi connectivity index (χ0v) is 13.1. The van der Waals surface area contributed by atoms with Crippen molar-refractivity contribution in [3.63, 3.8) is 0 Å². The minimum absolute atomic E-state index is 0. The second-order valence-electron chi connectivity index (χ2n) is 5.82. The summed E-state index contributed by atoms with van der Waals surface area (Å²) in [5, 5.41) is 2.25. The Balaban J connectivity index is 0.00000242. The van der Waals surface area contributed by atoms with Gasteiger partial charge in [0.15, 0.2) is 5.78 Å². The average molecular weight is 306 g/mol. The first-order valence-electron chi connectivity index (χ1n) is 8.34. The topological polar surface area (TPSA) is 17.1 Å². The Hall–Kier alpha value is -0.630. The fourth-order valence-electron chi connectivity index (χ4n) is 2.85. The van der Waals surface area contributed by atoms with Crippen LogP contribution in [0.4, 0.5) is 0 Å². The van der Waals surface area contributed by atoms with Crippen LogP contribution in [0.15, 0.2) is 42.5 Å². The Morgan fingerprint density at radius 2 is 1.45 bits per heavy atom. The summed E-state index contributed by atoms with van der Waals surface area (Å²) in [6.07, 6.45) is 9.44. The molecule has 0 saturated heterocycles. The van der Waals surface area contributed by atoms with Crippen LogP contribution in [-0.2, 0) is 0 Å². The molecule has 0 radical (unpaired) electrons. The molecule has 0 aliphatic carbocycles. The van der Waals surface area contributed by atoms with E-state index >= 15 is 0 Å². The van der Waals surface area contributed by atoms with E-state index in [0.717, 1.165) is 22.8 Å². The molecule has 0 spiro atoms. The molecule has 0 saturated carbocycles. The van der Waals surface area contributed by atoms with Gasteiger partial charge < -0.3 is 0 Å². The zero-order chi connectivity index (χ0) is 14.9. The van der Waals surface area contributed by atoms with Crippen molar-refractivity contribution in [1.82, 2.24) is 0 Å². The van der Waals surface area contributed by atoms with Gasteiger partial charge >= 0.3 is 29.6 Å². The second-order valence-corrected chi connectivity index (χ2v) is 5.82. The molecule has 0 heterocycles. The van der Waals surface area contributed by atoms with Crippen molar-refractivity contribution in [2.24, 2.45) is 0 Å². The van der Waals surface area contributed by atoms with E-state index in [-0.39, 0.29) is 29.6 Å². The summed E-state index contributed by atoms with van der Waals surface area (Å²) in [7, 11) is 0. The van der Waals surface area contributed by atoms with Crippen LogP contribution in [0.3, 0.4) is 0 Å². The fourth-order valence-corrected chi connectivity index (χ4v) is 2.85. The van der Waals surface area contributed by atoms with Gasteiger partial charge in [-0.05, 0) is 17.2 Å². The minimum atomic E-state index is 0. The predicted molar refractivity (Wildman–Crippen MR) is 98.0 cm³/mol. The molecule has 114 valence electrons. The van der Waals surface area contributed by atoms with Gasteiger partial charge in [0.2, 0.25) is 0 Å². The SMILES string of the molecule is CCCCCCCCCC(=O)c1cccc2ccccc12.[NaH]. The second kappa shape index (κ2) is 11.0. The zero-order valence-electron chi connectivity index (χ0n) is 13.1. The number of hydrogen-bond acceptors (Lipinski definition) is 1. The van der Waals surface area contributed by atoms with Crippen molar-refractivity contribution in [1.29, 1.82) is 0 Å². The number of carbonyl (C=O) groups excluding carboxylic acids is 1. The molecule has 2 aromatic carbocycles. The normalized spacial score (nSPS) is 10.4. The Labute approximate surface area is 156 Å². The van der Waals surface area contributed by atoms with Crippen molar-refractivity contribution >= 4 is 46.1 Å². The molecule has 0 amide bonds. The molecule has 22 heavy (non-hydrogen) atoms. The number of rotatable bonds is 9. The Morgan fingerprint density at radius 3 is 2.23 bits per heavy atom. The number of unbranched alkanes of at least 4 members (excludes halogenated alkanes) is 6. The first kappa shape index (κ1) is 19.4. The molecular formula is C20H27NaO. The van der Waals surface area contributed by atoms with Crippen LogP contribution in [0.2, 0.25) is 0 Å². The maximum atomic E-state index is 12.4. The van der Waals surface area contributed by atoms with Crippen LogP contribution in [0.25, 0.3) is 10.8 Å². The number of benzene rings is 2. The summed E-state index contributed by atoms with van der Waals surface area (Å²) in [5.74, 6) is 0.292. The van der Waals surface area contributed by atoms with E-state index in [4.69, 9.17) is 0 Å². The molecule has 0 aliphatic rings. The van der Waals surface area contributed by atoms with E-state index in [0.29, 0.717) is 12.2 Å². The molecule has 0 bridgehead atoms. The van der Waals surface area contributed by atoms with E-state index in [2.05, 4.69) is 19.1 Å². The third kappa shape index (κ3) is 5.87. The number of Topliss-reactive ketones (excluding diaryl/α,β-unsaturated/α-hetero) is 1. The molecular weight excluding hydrogens is 279 g/mol. The molecule has 0 fully saturated rings. The van der Waals surface area contributed by atoms with Gasteiger partial charge in [-0.15, -0.1) is 0 Å². The Kier molecular flexibility index (Phi) is 9.70. The van der Waals surface area contributed by atoms with Crippen molar-refractivity contribution in [2.75, 3.05) is 0 Å². The number of carbonyl (C=O) groups is 1. The van der Waals surface area contributed by atoms with Gasteiger partial charge in [0.1, 0.15) is 0 Å². The van der Waals surface area contributed by atoms with E-state index in [9.17, 15) is 4.79 Å². The third-order valence-corrected chi connectivity index (χ3v) is 4.10. The fraction of sp³-hybridized carbons (Fsp3) is 0.450. The molecule has 0 N–H and O–H groups in total. The van der Waals surface area contributed by atoms with E-state index in [1.54, 1.807) is 0 Å². The molecule has 1 nitrogen and oxygen atoms in total. The molecule has 0 unspecified atom stereocenters. The Morgan fingerprint density at radius 1 is 0.818 bits per heavy atom. The van der Waals surface area contributed by atoms with Crippen molar-refractivity contribution in [3.05, 3.63) is 48.0 Å². The monoisotopic (exact) mass is 306 g/mol. The summed E-state index contributed by atoms with van der Waals surface area (Å²) >= 11 is 0. The summed E-state index contributed by atoms with van der Waals surface area (Å²) in [6.45, 7) is 2.24. The number of hydrogen-bond donors (Lipinski definition) is 0. The van der Waals surface area contributed by atoms with Gasteiger partial charge in [-0.1, -0.05) is 87.9 Å². The molecule has 2 aromatic rings. The van der Waals surface area contributed by atoms with Crippen LogP contribution in [0, 0.1) is 0 Å². The van der Waals surface area contributed by atoms with Crippen LogP contribution in [-0.4, -0.2) is 35.3 Å². The summed E-state index contributed by atoms with van der Waals surface area (Å²) in [6, 6.07) is 14.2. The van der Waals surface area contributed by atoms with Crippen LogP contribution >= 0.6 is 0 Å². The van der Waals surface area contributed by atoms with Crippen LogP contribution in [0.1, 0.15) is 68.6 Å². The first-order valence-corrected chi connectivity index (χ1v) is 8.34. The summed E-state index contributed by atoms with van der Waals surface area (Å²) in [4.78, 5) is 12.4. The van der Waals surface area contributed by atoms with Gasteiger partial charge in [-0.2, -0.15) is 0 Å². The standard InChI is InChI=1S/C20H26O.Na.H/c1-2-3-4-5-6-7-8-16-20(21)19-15-11-13-17-12-9-10-14-18(17)19;;/h9-15H,2-8,16H2,1H3;;. The molecule has 2 rings (SSSR count). The Bertz CT molecular complexity index is 571. The molecule has 0 aliphatic heterocycles. The maximum absolute atomic E-state index is 12.4. The quantitative estimate of drug-likeness (QED) is 0.339. The molecule has 2 heteroatoms.